The van der Waals surface area contributed by atoms with Gasteiger partial charge in [-0.25, -0.2) is 0 Å². The van der Waals surface area contributed by atoms with Crippen molar-refractivity contribution in [3.63, 3.8) is 0 Å². The molecule has 0 rings (SSSR count). The second-order valence-corrected chi connectivity index (χ2v) is 7.69. The minimum absolute atomic E-state index is 0.0919. The number of nitrogens with zero attached hydrogens (tertiary/aromatic N) is 1. The Kier molecular flexibility index (Phi) is 9.09. The van der Waals surface area contributed by atoms with Crippen LogP contribution in [0, 0.1) is 28.6 Å². The Labute approximate surface area is 125 Å². The fourth-order valence-corrected chi connectivity index (χ4v) is 1.93. The maximum absolute atomic E-state index is 9.23. The average Bonchev–Trinajstić information content (AvgIpc) is 2.29. The Morgan fingerprint density at radius 2 is 1.45 bits per heavy atom. The van der Waals surface area contributed by atoms with Crippen molar-refractivity contribution in [3.8, 4) is 6.07 Å². The molecule has 0 radical (unpaired) electrons. The first-order valence-electron chi connectivity index (χ1n) is 7.77. The van der Waals surface area contributed by atoms with E-state index in [-0.39, 0.29) is 17.6 Å². The lowest BCUT2D eigenvalue weighted by Crippen LogP contribution is -2.28. The maximum Gasteiger partial charge on any atom is 0.146 e. The van der Waals surface area contributed by atoms with E-state index < -0.39 is 0 Å². The highest BCUT2D eigenvalue weighted by molar-refractivity contribution is 4.87. The second kappa shape index (κ2) is 9.37. The maximum atomic E-state index is 9.23. The minimum Gasteiger partial charge on any atom is -0.378 e. The first kappa shape index (κ1) is 19.4. The van der Waals surface area contributed by atoms with Crippen LogP contribution in [0.4, 0.5) is 0 Å². The summed E-state index contributed by atoms with van der Waals surface area (Å²) in [5.74, 6) is 0.957. The van der Waals surface area contributed by atoms with E-state index in [4.69, 9.17) is 9.47 Å². The zero-order valence-corrected chi connectivity index (χ0v) is 14.4. The summed E-state index contributed by atoms with van der Waals surface area (Å²) in [7, 11) is 0. The van der Waals surface area contributed by atoms with Crippen LogP contribution in [-0.4, -0.2) is 25.4 Å². The first-order valence-corrected chi connectivity index (χ1v) is 7.77. The van der Waals surface area contributed by atoms with E-state index >= 15 is 0 Å². The molecule has 0 aromatic rings. The van der Waals surface area contributed by atoms with Gasteiger partial charge in [0.1, 0.15) is 6.10 Å². The van der Waals surface area contributed by atoms with E-state index in [9.17, 15) is 5.26 Å². The highest BCUT2D eigenvalue weighted by Gasteiger charge is 2.23. The van der Waals surface area contributed by atoms with Crippen molar-refractivity contribution in [3.05, 3.63) is 0 Å². The topological polar surface area (TPSA) is 42.2 Å². The molecule has 0 aliphatic heterocycles. The SMILES string of the molecule is CC(C)COC(C#N)CC(CC(C)(C)C)OCC(C)C. The second-order valence-electron chi connectivity index (χ2n) is 7.69. The fraction of sp³-hybridized carbons (Fsp3) is 0.941. The van der Waals surface area contributed by atoms with Crippen molar-refractivity contribution in [1.82, 2.24) is 0 Å². The summed E-state index contributed by atoms with van der Waals surface area (Å²) < 4.78 is 11.7. The molecule has 0 aliphatic rings. The van der Waals surface area contributed by atoms with Crippen LogP contribution in [0.2, 0.25) is 0 Å². The molecule has 0 N–H and O–H groups in total. The molecular formula is C17H33NO2. The lowest BCUT2D eigenvalue weighted by atomic mass is 9.87. The van der Waals surface area contributed by atoms with Gasteiger partial charge >= 0.3 is 0 Å². The first-order chi connectivity index (χ1) is 9.14. The quantitative estimate of drug-likeness (QED) is 0.629. The third-order valence-electron chi connectivity index (χ3n) is 2.76. The average molecular weight is 283 g/mol. The fourth-order valence-electron chi connectivity index (χ4n) is 1.93. The molecule has 0 spiro atoms. The van der Waals surface area contributed by atoms with Crippen molar-refractivity contribution < 1.29 is 9.47 Å². The summed E-state index contributed by atoms with van der Waals surface area (Å²) in [4.78, 5) is 0. The third kappa shape index (κ3) is 11.3. The summed E-state index contributed by atoms with van der Waals surface area (Å²) in [6.45, 7) is 16.5. The lowest BCUT2D eigenvalue weighted by Gasteiger charge is -2.28. The van der Waals surface area contributed by atoms with Gasteiger partial charge in [-0.2, -0.15) is 5.26 Å². The molecule has 0 heterocycles. The van der Waals surface area contributed by atoms with Crippen LogP contribution in [-0.2, 0) is 9.47 Å². The van der Waals surface area contributed by atoms with Crippen LogP contribution in [0.15, 0.2) is 0 Å². The Hall–Kier alpha value is -0.590. The van der Waals surface area contributed by atoms with E-state index in [0.29, 0.717) is 24.9 Å². The number of rotatable bonds is 9. The predicted octanol–water partition coefficient (Wildman–Crippen LogP) is 4.42. The van der Waals surface area contributed by atoms with Gasteiger partial charge in [-0.05, 0) is 23.7 Å². The van der Waals surface area contributed by atoms with Gasteiger partial charge in [0.25, 0.3) is 0 Å². The van der Waals surface area contributed by atoms with Gasteiger partial charge in [0.05, 0.1) is 18.8 Å². The van der Waals surface area contributed by atoms with Gasteiger partial charge in [0, 0.05) is 13.0 Å². The Balaban J connectivity index is 4.47. The summed E-state index contributed by atoms with van der Waals surface area (Å²) in [5, 5.41) is 9.23. The molecule has 118 valence electrons. The van der Waals surface area contributed by atoms with Crippen LogP contribution >= 0.6 is 0 Å². The predicted molar refractivity (Wildman–Crippen MR) is 83.5 cm³/mol. The number of hydrogen-bond donors (Lipinski definition) is 0. The van der Waals surface area contributed by atoms with Crippen LogP contribution in [0.5, 0.6) is 0 Å². The van der Waals surface area contributed by atoms with Crippen molar-refractivity contribution in [1.29, 1.82) is 5.26 Å². The molecule has 3 nitrogen and oxygen atoms in total. The normalized spacial score (nSPS) is 15.4. The van der Waals surface area contributed by atoms with E-state index in [1.807, 2.05) is 0 Å². The Bertz CT molecular complexity index is 286. The third-order valence-corrected chi connectivity index (χ3v) is 2.76. The van der Waals surface area contributed by atoms with Crippen LogP contribution in [0.3, 0.4) is 0 Å². The van der Waals surface area contributed by atoms with Crippen molar-refractivity contribution >= 4 is 0 Å². The van der Waals surface area contributed by atoms with Crippen molar-refractivity contribution in [2.24, 2.45) is 17.3 Å². The molecule has 0 aliphatic carbocycles. The summed E-state index contributed by atoms with van der Waals surface area (Å²) in [6.07, 6.45) is 1.34. The summed E-state index contributed by atoms with van der Waals surface area (Å²) >= 11 is 0. The highest BCUT2D eigenvalue weighted by atomic mass is 16.5. The number of nitriles is 1. The number of hydrogen-bond acceptors (Lipinski definition) is 3. The summed E-state index contributed by atoms with van der Waals surface area (Å²) in [5.41, 5.74) is 0.194. The molecule has 0 aromatic heterocycles. The molecule has 0 aromatic carbocycles. The molecule has 0 saturated carbocycles. The zero-order valence-electron chi connectivity index (χ0n) is 14.4. The molecular weight excluding hydrogens is 250 g/mol. The molecule has 2 unspecified atom stereocenters. The summed E-state index contributed by atoms with van der Waals surface area (Å²) in [6, 6.07) is 2.26. The Morgan fingerprint density at radius 1 is 0.950 bits per heavy atom. The zero-order chi connectivity index (χ0) is 15.8. The molecule has 0 saturated heterocycles. The molecule has 20 heavy (non-hydrogen) atoms. The molecule has 0 fully saturated rings. The van der Waals surface area contributed by atoms with Gasteiger partial charge < -0.3 is 9.47 Å². The van der Waals surface area contributed by atoms with E-state index in [1.165, 1.54) is 0 Å². The largest absolute Gasteiger partial charge is 0.378 e. The van der Waals surface area contributed by atoms with E-state index in [2.05, 4.69) is 54.5 Å². The molecule has 2 atom stereocenters. The van der Waals surface area contributed by atoms with Gasteiger partial charge in [-0.3, -0.25) is 0 Å². The van der Waals surface area contributed by atoms with Crippen molar-refractivity contribution in [2.75, 3.05) is 13.2 Å². The molecule has 0 bridgehead atoms. The highest BCUT2D eigenvalue weighted by Crippen LogP contribution is 2.25. The number of ether oxygens (including phenoxy) is 2. The Morgan fingerprint density at radius 3 is 1.85 bits per heavy atom. The molecule has 0 amide bonds. The molecule has 3 heteroatoms. The van der Waals surface area contributed by atoms with Gasteiger partial charge in [-0.15, -0.1) is 0 Å². The monoisotopic (exact) mass is 283 g/mol. The minimum atomic E-state index is -0.364. The standard InChI is InChI=1S/C17H33NO2/c1-13(2)11-19-15(9-17(5,6)7)8-16(10-18)20-12-14(3)4/h13-16H,8-9,11-12H2,1-7H3. The van der Waals surface area contributed by atoms with E-state index in [0.717, 1.165) is 13.0 Å². The van der Waals surface area contributed by atoms with Crippen LogP contribution in [0.25, 0.3) is 0 Å². The smallest absolute Gasteiger partial charge is 0.146 e. The van der Waals surface area contributed by atoms with Crippen LogP contribution < -0.4 is 0 Å². The van der Waals surface area contributed by atoms with Crippen LogP contribution in [0.1, 0.15) is 61.3 Å². The van der Waals surface area contributed by atoms with Gasteiger partial charge in [0.15, 0.2) is 0 Å². The van der Waals surface area contributed by atoms with Crippen molar-refractivity contribution in [2.45, 2.75) is 73.5 Å². The van der Waals surface area contributed by atoms with Gasteiger partial charge in [-0.1, -0.05) is 48.5 Å². The van der Waals surface area contributed by atoms with E-state index in [1.54, 1.807) is 0 Å². The lowest BCUT2D eigenvalue weighted by molar-refractivity contribution is -0.0283. The van der Waals surface area contributed by atoms with Gasteiger partial charge in [0.2, 0.25) is 0 Å².